The number of carbonyl (C=O) groups is 1. The SMILES string of the molecule is CN(C)CC1CCN(c2cc(C(F)(F)F)ccc2C=O)CC1. The summed E-state index contributed by atoms with van der Waals surface area (Å²) in [4.78, 5) is 15.1. The average Bonchev–Trinajstić information content (AvgIpc) is 2.46. The maximum atomic E-state index is 12.9. The van der Waals surface area contributed by atoms with E-state index in [4.69, 9.17) is 0 Å². The van der Waals surface area contributed by atoms with Crippen molar-refractivity contribution in [2.75, 3.05) is 38.6 Å². The molecule has 3 nitrogen and oxygen atoms in total. The first-order valence-corrected chi connectivity index (χ1v) is 7.37. The van der Waals surface area contributed by atoms with E-state index in [1.807, 2.05) is 19.0 Å². The molecule has 1 aliphatic heterocycles. The van der Waals surface area contributed by atoms with Gasteiger partial charge >= 0.3 is 6.18 Å². The van der Waals surface area contributed by atoms with Crippen LogP contribution in [0.2, 0.25) is 0 Å². The van der Waals surface area contributed by atoms with Crippen LogP contribution in [-0.2, 0) is 6.18 Å². The molecule has 1 aliphatic rings. The number of hydrogen-bond donors (Lipinski definition) is 0. The number of hydrogen-bond acceptors (Lipinski definition) is 3. The Morgan fingerprint density at radius 3 is 2.41 bits per heavy atom. The van der Waals surface area contributed by atoms with Crippen LogP contribution in [0.3, 0.4) is 0 Å². The Labute approximate surface area is 128 Å². The van der Waals surface area contributed by atoms with Crippen LogP contribution in [0.1, 0.15) is 28.8 Å². The Bertz CT molecular complexity index is 521. The molecular weight excluding hydrogens is 293 g/mol. The molecule has 22 heavy (non-hydrogen) atoms. The number of carbonyl (C=O) groups excluding carboxylic acids is 1. The number of anilines is 1. The van der Waals surface area contributed by atoms with Gasteiger partial charge in [-0.2, -0.15) is 13.2 Å². The third-order valence-corrected chi connectivity index (χ3v) is 4.06. The highest BCUT2D eigenvalue weighted by atomic mass is 19.4. The Morgan fingerprint density at radius 1 is 1.27 bits per heavy atom. The summed E-state index contributed by atoms with van der Waals surface area (Å²) in [6.07, 6.45) is -1.92. The topological polar surface area (TPSA) is 23.6 Å². The molecule has 0 bridgehead atoms. The molecule has 0 amide bonds. The van der Waals surface area contributed by atoms with Crippen molar-refractivity contribution in [3.05, 3.63) is 29.3 Å². The molecule has 0 unspecified atom stereocenters. The van der Waals surface area contributed by atoms with E-state index >= 15 is 0 Å². The van der Waals surface area contributed by atoms with Gasteiger partial charge in [0.05, 0.1) is 5.56 Å². The Balaban J connectivity index is 2.16. The average molecular weight is 314 g/mol. The van der Waals surface area contributed by atoms with Crippen LogP contribution in [0.5, 0.6) is 0 Å². The number of piperidine rings is 1. The summed E-state index contributed by atoms with van der Waals surface area (Å²) < 4.78 is 38.6. The highest BCUT2D eigenvalue weighted by Gasteiger charge is 2.32. The van der Waals surface area contributed by atoms with Crippen LogP contribution in [0.15, 0.2) is 18.2 Å². The molecule has 1 fully saturated rings. The summed E-state index contributed by atoms with van der Waals surface area (Å²) in [6, 6.07) is 3.32. The fourth-order valence-corrected chi connectivity index (χ4v) is 2.97. The largest absolute Gasteiger partial charge is 0.416 e. The summed E-state index contributed by atoms with van der Waals surface area (Å²) >= 11 is 0. The highest BCUT2D eigenvalue weighted by Crippen LogP contribution is 2.34. The van der Waals surface area contributed by atoms with Crippen LogP contribution < -0.4 is 4.90 Å². The summed E-state index contributed by atoms with van der Waals surface area (Å²) in [7, 11) is 4.04. The van der Waals surface area contributed by atoms with Gasteiger partial charge in [0.2, 0.25) is 0 Å². The monoisotopic (exact) mass is 314 g/mol. The number of halogens is 3. The van der Waals surface area contributed by atoms with Crippen LogP contribution >= 0.6 is 0 Å². The lowest BCUT2D eigenvalue weighted by Gasteiger charge is -2.35. The second kappa shape index (κ2) is 6.69. The minimum atomic E-state index is -4.39. The molecular formula is C16H21F3N2O. The van der Waals surface area contributed by atoms with Crippen molar-refractivity contribution >= 4 is 12.0 Å². The van der Waals surface area contributed by atoms with Crippen molar-refractivity contribution < 1.29 is 18.0 Å². The second-order valence-electron chi connectivity index (χ2n) is 6.08. The van der Waals surface area contributed by atoms with Gasteiger partial charge < -0.3 is 9.80 Å². The zero-order valence-electron chi connectivity index (χ0n) is 12.9. The van der Waals surface area contributed by atoms with E-state index in [2.05, 4.69) is 4.90 Å². The van der Waals surface area contributed by atoms with Gasteiger partial charge in [-0.15, -0.1) is 0 Å². The van der Waals surface area contributed by atoms with E-state index in [9.17, 15) is 18.0 Å². The Morgan fingerprint density at radius 2 is 1.91 bits per heavy atom. The van der Waals surface area contributed by atoms with E-state index < -0.39 is 11.7 Å². The smallest absolute Gasteiger partial charge is 0.371 e. The van der Waals surface area contributed by atoms with Gasteiger partial charge in [-0.25, -0.2) is 0 Å². The van der Waals surface area contributed by atoms with Gasteiger partial charge in [0, 0.05) is 30.9 Å². The summed E-state index contributed by atoms with van der Waals surface area (Å²) in [5.41, 5.74) is 0.00991. The molecule has 1 saturated heterocycles. The molecule has 0 aliphatic carbocycles. The van der Waals surface area contributed by atoms with Crippen molar-refractivity contribution in [2.24, 2.45) is 5.92 Å². The van der Waals surface area contributed by atoms with E-state index in [0.29, 0.717) is 36.5 Å². The van der Waals surface area contributed by atoms with Crippen LogP contribution in [0, 0.1) is 5.92 Å². The number of benzene rings is 1. The first-order chi connectivity index (χ1) is 10.3. The Kier molecular flexibility index (Phi) is 5.11. The molecule has 0 saturated carbocycles. The molecule has 1 heterocycles. The lowest BCUT2D eigenvalue weighted by Crippen LogP contribution is -2.37. The molecule has 0 N–H and O–H groups in total. The molecule has 1 aromatic carbocycles. The van der Waals surface area contributed by atoms with Gasteiger partial charge in [0.25, 0.3) is 0 Å². The molecule has 1 aromatic rings. The molecule has 2 rings (SSSR count). The number of aldehydes is 1. The summed E-state index contributed by atoms with van der Waals surface area (Å²) in [6.45, 7) is 2.35. The highest BCUT2D eigenvalue weighted by molar-refractivity contribution is 5.85. The molecule has 122 valence electrons. The van der Waals surface area contributed by atoms with Gasteiger partial charge in [-0.05, 0) is 51.1 Å². The third-order valence-electron chi connectivity index (χ3n) is 4.06. The van der Waals surface area contributed by atoms with Crippen LogP contribution in [0.4, 0.5) is 18.9 Å². The van der Waals surface area contributed by atoms with Crippen molar-refractivity contribution in [2.45, 2.75) is 19.0 Å². The van der Waals surface area contributed by atoms with Gasteiger partial charge in [0.15, 0.2) is 6.29 Å². The van der Waals surface area contributed by atoms with E-state index in [1.165, 1.54) is 6.07 Å². The summed E-state index contributed by atoms with van der Waals surface area (Å²) in [5.74, 6) is 0.553. The van der Waals surface area contributed by atoms with Gasteiger partial charge in [-0.1, -0.05) is 0 Å². The van der Waals surface area contributed by atoms with Crippen LogP contribution in [0.25, 0.3) is 0 Å². The van der Waals surface area contributed by atoms with E-state index in [1.54, 1.807) is 0 Å². The lowest BCUT2D eigenvalue weighted by molar-refractivity contribution is -0.137. The fourth-order valence-electron chi connectivity index (χ4n) is 2.97. The molecule has 6 heteroatoms. The fraction of sp³-hybridized carbons (Fsp3) is 0.562. The molecule has 0 radical (unpaired) electrons. The van der Waals surface area contributed by atoms with Crippen molar-refractivity contribution in [3.63, 3.8) is 0 Å². The molecule has 0 spiro atoms. The number of alkyl halides is 3. The number of nitrogens with zero attached hydrogens (tertiary/aromatic N) is 2. The van der Waals surface area contributed by atoms with Gasteiger partial charge in [-0.3, -0.25) is 4.79 Å². The zero-order valence-corrected chi connectivity index (χ0v) is 12.9. The van der Waals surface area contributed by atoms with E-state index in [-0.39, 0.29) is 0 Å². The quantitative estimate of drug-likeness (QED) is 0.797. The first-order valence-electron chi connectivity index (χ1n) is 7.37. The first kappa shape index (κ1) is 16.8. The van der Waals surface area contributed by atoms with E-state index in [0.717, 1.165) is 31.5 Å². The van der Waals surface area contributed by atoms with Crippen molar-refractivity contribution in [1.82, 2.24) is 4.90 Å². The van der Waals surface area contributed by atoms with Gasteiger partial charge in [0.1, 0.15) is 0 Å². The maximum absolute atomic E-state index is 12.9. The lowest BCUT2D eigenvalue weighted by atomic mass is 9.95. The minimum absolute atomic E-state index is 0.319. The maximum Gasteiger partial charge on any atom is 0.416 e. The second-order valence-corrected chi connectivity index (χ2v) is 6.08. The standard InChI is InChI=1S/C16H21F3N2O/c1-20(2)10-12-5-7-21(8-6-12)15-9-14(16(17,18)19)4-3-13(15)11-22/h3-4,9,11-12H,5-8,10H2,1-2H3. The predicted molar refractivity (Wildman–Crippen MR) is 80.3 cm³/mol. The zero-order chi connectivity index (χ0) is 16.3. The normalized spacial score (nSPS) is 17.1. The Hall–Kier alpha value is -1.56. The summed E-state index contributed by atoms with van der Waals surface area (Å²) in [5, 5.41) is 0. The molecule has 0 aromatic heterocycles. The predicted octanol–water partition coefficient (Wildman–Crippen LogP) is 3.30. The van der Waals surface area contributed by atoms with Crippen molar-refractivity contribution in [3.8, 4) is 0 Å². The van der Waals surface area contributed by atoms with Crippen molar-refractivity contribution in [1.29, 1.82) is 0 Å². The minimum Gasteiger partial charge on any atom is -0.371 e. The number of rotatable bonds is 4. The van der Waals surface area contributed by atoms with Crippen LogP contribution in [-0.4, -0.2) is 44.9 Å². The third kappa shape index (κ3) is 4.00. The molecule has 0 atom stereocenters.